The highest BCUT2D eigenvalue weighted by molar-refractivity contribution is 5.98. The van der Waals surface area contributed by atoms with Gasteiger partial charge in [-0.05, 0) is 6.07 Å². The third kappa shape index (κ3) is 3.38. The maximum absolute atomic E-state index is 11.6. The summed E-state index contributed by atoms with van der Waals surface area (Å²) in [6.07, 6.45) is 0.959. The molecule has 8 heteroatoms. The molecule has 0 atom stereocenters. The van der Waals surface area contributed by atoms with E-state index < -0.39 is 10.8 Å². The molecule has 1 amide bonds. The molecule has 1 rings (SSSR count). The predicted octanol–water partition coefficient (Wildman–Crippen LogP) is -0.0518. The SMILES string of the molecule is COCCNC(=O)c1cc(N)ncc1[N+](=O)[O-]. The summed E-state index contributed by atoms with van der Waals surface area (Å²) in [5.74, 6) is -0.532. The van der Waals surface area contributed by atoms with Gasteiger partial charge in [0.25, 0.3) is 11.6 Å². The van der Waals surface area contributed by atoms with Crippen molar-refractivity contribution in [2.75, 3.05) is 26.0 Å². The lowest BCUT2D eigenvalue weighted by Gasteiger charge is -2.05. The van der Waals surface area contributed by atoms with Gasteiger partial charge in [-0.2, -0.15) is 0 Å². The molecule has 3 N–H and O–H groups in total. The first-order valence-electron chi connectivity index (χ1n) is 4.73. The number of hydrogen-bond acceptors (Lipinski definition) is 6. The summed E-state index contributed by atoms with van der Waals surface area (Å²) in [6.45, 7) is 0.578. The summed E-state index contributed by atoms with van der Waals surface area (Å²) in [4.78, 5) is 25.2. The van der Waals surface area contributed by atoms with Gasteiger partial charge in [-0.3, -0.25) is 14.9 Å². The first kappa shape index (κ1) is 12.8. The molecule has 0 aliphatic carbocycles. The average molecular weight is 240 g/mol. The maximum atomic E-state index is 11.6. The monoisotopic (exact) mass is 240 g/mol. The Labute approximate surface area is 96.9 Å². The van der Waals surface area contributed by atoms with Crippen molar-refractivity contribution in [2.24, 2.45) is 0 Å². The molecule has 0 saturated carbocycles. The number of methoxy groups -OCH3 is 1. The molecule has 92 valence electrons. The minimum absolute atomic E-state index is 0.0486. The molecule has 17 heavy (non-hydrogen) atoms. The van der Waals surface area contributed by atoms with E-state index in [1.54, 1.807) is 0 Å². The molecule has 0 saturated heterocycles. The van der Waals surface area contributed by atoms with Gasteiger partial charge >= 0.3 is 0 Å². The highest BCUT2D eigenvalue weighted by Crippen LogP contribution is 2.18. The summed E-state index contributed by atoms with van der Waals surface area (Å²) in [5.41, 5.74) is 4.89. The van der Waals surface area contributed by atoms with Gasteiger partial charge in [-0.15, -0.1) is 0 Å². The zero-order valence-corrected chi connectivity index (χ0v) is 9.17. The number of anilines is 1. The van der Waals surface area contributed by atoms with E-state index in [-0.39, 0.29) is 23.6 Å². The summed E-state index contributed by atoms with van der Waals surface area (Å²) in [6, 6.07) is 1.17. The molecule has 0 aliphatic heterocycles. The molecule has 0 radical (unpaired) electrons. The molecule has 0 bridgehead atoms. The Morgan fingerprint density at radius 1 is 1.71 bits per heavy atom. The number of nitrogens with zero attached hydrogens (tertiary/aromatic N) is 2. The van der Waals surface area contributed by atoms with Gasteiger partial charge in [-0.1, -0.05) is 0 Å². The van der Waals surface area contributed by atoms with Crippen molar-refractivity contribution in [1.29, 1.82) is 0 Å². The second-order valence-electron chi connectivity index (χ2n) is 3.13. The molecule has 0 unspecified atom stereocenters. The quantitative estimate of drug-likeness (QED) is 0.423. The Bertz CT molecular complexity index is 435. The molecule has 0 aromatic carbocycles. The first-order valence-corrected chi connectivity index (χ1v) is 4.73. The molecule has 1 aromatic rings. The van der Waals surface area contributed by atoms with Crippen LogP contribution in [0.5, 0.6) is 0 Å². The van der Waals surface area contributed by atoms with Crippen LogP contribution in [0.1, 0.15) is 10.4 Å². The van der Waals surface area contributed by atoms with E-state index in [0.29, 0.717) is 6.61 Å². The Balaban J connectivity index is 2.90. The third-order valence-corrected chi connectivity index (χ3v) is 1.94. The number of pyridine rings is 1. The smallest absolute Gasteiger partial charge is 0.300 e. The minimum Gasteiger partial charge on any atom is -0.384 e. The van der Waals surface area contributed by atoms with Crippen molar-refractivity contribution >= 4 is 17.4 Å². The Kier molecular flexibility index (Phi) is 4.35. The van der Waals surface area contributed by atoms with Crippen LogP contribution in [0.25, 0.3) is 0 Å². The number of nitrogens with two attached hydrogens (primary N) is 1. The summed E-state index contributed by atoms with van der Waals surface area (Å²) < 4.78 is 4.74. The predicted molar refractivity (Wildman–Crippen MR) is 59.5 cm³/mol. The van der Waals surface area contributed by atoms with E-state index in [9.17, 15) is 14.9 Å². The van der Waals surface area contributed by atoms with E-state index in [0.717, 1.165) is 6.20 Å². The number of nitrogens with one attached hydrogen (secondary N) is 1. The number of rotatable bonds is 5. The lowest BCUT2D eigenvalue weighted by atomic mass is 10.2. The van der Waals surface area contributed by atoms with Crippen molar-refractivity contribution in [1.82, 2.24) is 10.3 Å². The average Bonchev–Trinajstić information content (AvgIpc) is 2.28. The van der Waals surface area contributed by atoms with Gasteiger partial charge < -0.3 is 15.8 Å². The van der Waals surface area contributed by atoms with Crippen molar-refractivity contribution in [2.45, 2.75) is 0 Å². The fraction of sp³-hybridized carbons (Fsp3) is 0.333. The molecule has 1 heterocycles. The Morgan fingerprint density at radius 2 is 2.41 bits per heavy atom. The zero-order valence-electron chi connectivity index (χ0n) is 9.17. The normalized spacial score (nSPS) is 9.94. The Hall–Kier alpha value is -2.22. The summed E-state index contributed by atoms with van der Waals surface area (Å²) in [7, 11) is 1.49. The van der Waals surface area contributed by atoms with Crippen LogP contribution in [0.15, 0.2) is 12.3 Å². The molecule has 1 aromatic heterocycles. The van der Waals surface area contributed by atoms with E-state index in [2.05, 4.69) is 10.3 Å². The van der Waals surface area contributed by atoms with Crippen LogP contribution < -0.4 is 11.1 Å². The van der Waals surface area contributed by atoms with Crippen LogP contribution in [0.4, 0.5) is 11.5 Å². The largest absolute Gasteiger partial charge is 0.384 e. The lowest BCUT2D eigenvalue weighted by molar-refractivity contribution is -0.385. The highest BCUT2D eigenvalue weighted by Gasteiger charge is 2.20. The summed E-state index contributed by atoms with van der Waals surface area (Å²) in [5, 5.41) is 13.2. The number of ether oxygens (including phenoxy) is 1. The van der Waals surface area contributed by atoms with Crippen LogP contribution in [-0.2, 0) is 4.74 Å². The van der Waals surface area contributed by atoms with Crippen molar-refractivity contribution in [3.63, 3.8) is 0 Å². The number of hydrogen-bond donors (Lipinski definition) is 2. The van der Waals surface area contributed by atoms with Crippen molar-refractivity contribution in [3.05, 3.63) is 27.9 Å². The molecule has 0 spiro atoms. The Morgan fingerprint density at radius 3 is 3.00 bits per heavy atom. The van der Waals surface area contributed by atoms with Gasteiger partial charge in [0.15, 0.2) is 0 Å². The third-order valence-electron chi connectivity index (χ3n) is 1.94. The van der Waals surface area contributed by atoms with Gasteiger partial charge in [0.05, 0.1) is 11.5 Å². The van der Waals surface area contributed by atoms with Gasteiger partial charge in [-0.25, -0.2) is 4.98 Å². The van der Waals surface area contributed by atoms with Crippen LogP contribution in [0, 0.1) is 10.1 Å². The van der Waals surface area contributed by atoms with E-state index in [1.807, 2.05) is 0 Å². The fourth-order valence-corrected chi connectivity index (χ4v) is 1.15. The number of carbonyl (C=O) groups is 1. The molecular formula is C9H12N4O4. The second-order valence-corrected chi connectivity index (χ2v) is 3.13. The van der Waals surface area contributed by atoms with Crippen LogP contribution >= 0.6 is 0 Å². The van der Waals surface area contributed by atoms with Gasteiger partial charge in [0.1, 0.15) is 17.6 Å². The zero-order chi connectivity index (χ0) is 12.8. The number of carbonyl (C=O) groups excluding carboxylic acids is 1. The topological polar surface area (TPSA) is 120 Å². The number of aromatic nitrogens is 1. The number of amides is 1. The van der Waals surface area contributed by atoms with Gasteiger partial charge in [0.2, 0.25) is 0 Å². The van der Waals surface area contributed by atoms with Crippen molar-refractivity contribution in [3.8, 4) is 0 Å². The van der Waals surface area contributed by atoms with Crippen molar-refractivity contribution < 1.29 is 14.5 Å². The van der Waals surface area contributed by atoms with E-state index in [4.69, 9.17) is 10.5 Å². The van der Waals surface area contributed by atoms with E-state index in [1.165, 1.54) is 13.2 Å². The second kappa shape index (κ2) is 5.75. The molecule has 0 fully saturated rings. The molecule has 8 nitrogen and oxygen atoms in total. The van der Waals surface area contributed by atoms with Crippen LogP contribution in [0.2, 0.25) is 0 Å². The molecule has 0 aliphatic rings. The summed E-state index contributed by atoms with van der Waals surface area (Å²) >= 11 is 0. The lowest BCUT2D eigenvalue weighted by Crippen LogP contribution is -2.27. The number of nitro groups is 1. The molecular weight excluding hydrogens is 228 g/mol. The highest BCUT2D eigenvalue weighted by atomic mass is 16.6. The van der Waals surface area contributed by atoms with Crippen LogP contribution in [-0.4, -0.2) is 36.1 Å². The standard InChI is InChI=1S/C9H12N4O4/c1-17-3-2-11-9(14)6-4-8(10)12-5-7(6)13(15)16/h4-5H,2-3H2,1H3,(H2,10,12)(H,11,14). The van der Waals surface area contributed by atoms with Crippen LogP contribution in [0.3, 0.4) is 0 Å². The van der Waals surface area contributed by atoms with E-state index >= 15 is 0 Å². The first-order chi connectivity index (χ1) is 8.06. The maximum Gasteiger partial charge on any atom is 0.300 e. The van der Waals surface area contributed by atoms with Gasteiger partial charge in [0, 0.05) is 13.7 Å². The minimum atomic E-state index is -0.683. The number of nitrogen functional groups attached to an aromatic ring is 1. The fourth-order valence-electron chi connectivity index (χ4n) is 1.15.